The molecule has 0 saturated carbocycles. The number of rotatable bonds is 6. The van der Waals surface area contributed by atoms with Gasteiger partial charge in [0.2, 0.25) is 11.8 Å². The second kappa shape index (κ2) is 13.0. The number of nitrogens with zero attached hydrogens (tertiary/aromatic N) is 1. The summed E-state index contributed by atoms with van der Waals surface area (Å²) in [6.45, 7) is 4.46. The maximum absolute atomic E-state index is 13.6. The number of methoxy groups -OCH3 is 1. The van der Waals surface area contributed by atoms with Gasteiger partial charge in [-0.15, -0.1) is 0 Å². The number of amides is 2. The van der Waals surface area contributed by atoms with E-state index in [1.165, 1.54) is 18.2 Å². The summed E-state index contributed by atoms with van der Waals surface area (Å²) in [5.41, 5.74) is 12.0. The average Bonchev–Trinajstić information content (AvgIpc) is 3.35. The van der Waals surface area contributed by atoms with Crippen molar-refractivity contribution in [2.24, 2.45) is 5.73 Å². The summed E-state index contributed by atoms with van der Waals surface area (Å²) < 4.78 is 4.73. The van der Waals surface area contributed by atoms with Gasteiger partial charge in [0.05, 0.1) is 32.8 Å². The Kier molecular flexibility index (Phi) is 9.14. The maximum atomic E-state index is 13.6. The quantitative estimate of drug-likeness (QED) is 0.251. The van der Waals surface area contributed by atoms with Crippen LogP contribution in [-0.4, -0.2) is 56.1 Å². The fourth-order valence-electron chi connectivity index (χ4n) is 6.14. The van der Waals surface area contributed by atoms with Crippen molar-refractivity contribution < 1.29 is 19.1 Å². The molecule has 1 aliphatic carbocycles. The lowest BCUT2D eigenvalue weighted by Gasteiger charge is -2.31. The SMILES string of the molecule is COC(=O)c1ccc(C#Cc2ccc(CC(N)C(=O)N3C[Si](C)(C)CC3C(=O)N[C@@H]3CCCc4ccccc43)cc2)cc1. The molecule has 1 aliphatic heterocycles. The Bertz CT molecular complexity index is 1560. The lowest BCUT2D eigenvalue weighted by atomic mass is 9.87. The highest BCUT2D eigenvalue weighted by Crippen LogP contribution is 2.32. The van der Waals surface area contributed by atoms with E-state index in [9.17, 15) is 14.4 Å². The van der Waals surface area contributed by atoms with Crippen molar-refractivity contribution in [2.45, 2.75) is 62.9 Å². The molecule has 3 aromatic rings. The van der Waals surface area contributed by atoms with Crippen molar-refractivity contribution in [1.29, 1.82) is 0 Å². The van der Waals surface area contributed by atoms with E-state index in [2.05, 4.69) is 42.4 Å². The molecule has 5 rings (SSSR count). The summed E-state index contributed by atoms with van der Waals surface area (Å²) in [4.78, 5) is 40.6. The average molecular weight is 594 g/mol. The van der Waals surface area contributed by atoms with Crippen LogP contribution in [0.5, 0.6) is 0 Å². The molecule has 0 aromatic heterocycles. The van der Waals surface area contributed by atoms with Crippen LogP contribution >= 0.6 is 0 Å². The fourth-order valence-corrected chi connectivity index (χ4v) is 9.02. The van der Waals surface area contributed by atoms with Gasteiger partial charge < -0.3 is 20.7 Å². The first-order valence-electron chi connectivity index (χ1n) is 14.9. The molecule has 3 aromatic carbocycles. The second-order valence-electron chi connectivity index (χ2n) is 12.3. The highest BCUT2D eigenvalue weighted by molar-refractivity contribution is 6.79. The van der Waals surface area contributed by atoms with Gasteiger partial charge in [-0.1, -0.05) is 61.3 Å². The van der Waals surface area contributed by atoms with Crippen molar-refractivity contribution >= 4 is 25.9 Å². The Balaban J connectivity index is 1.21. The van der Waals surface area contributed by atoms with Gasteiger partial charge in [-0.05, 0) is 84.8 Å². The van der Waals surface area contributed by atoms with Crippen LogP contribution in [0.4, 0.5) is 0 Å². The third-order valence-electron chi connectivity index (χ3n) is 8.38. The lowest BCUT2D eigenvalue weighted by Crippen LogP contribution is -2.52. The number of esters is 1. The van der Waals surface area contributed by atoms with Gasteiger partial charge in [0.1, 0.15) is 6.04 Å². The molecule has 2 amide bonds. The molecule has 1 heterocycles. The molecular weight excluding hydrogens is 554 g/mol. The number of carbonyl (C=O) groups is 3. The number of benzene rings is 3. The number of ether oxygens (including phenoxy) is 1. The smallest absolute Gasteiger partial charge is 0.337 e. The monoisotopic (exact) mass is 593 g/mol. The van der Waals surface area contributed by atoms with E-state index in [4.69, 9.17) is 10.5 Å². The van der Waals surface area contributed by atoms with Crippen LogP contribution < -0.4 is 11.1 Å². The summed E-state index contributed by atoms with van der Waals surface area (Å²) in [5.74, 6) is 5.61. The summed E-state index contributed by atoms with van der Waals surface area (Å²) in [7, 11) is -0.421. The number of nitrogens with two attached hydrogens (primary N) is 1. The standard InChI is InChI=1S/C35H39N3O4Si/c1-42-35(41)28-19-17-25(18-20-28)12-11-24-13-15-26(16-14-24)21-30(36)34(40)38-23-43(2,3)22-32(38)33(39)37-31-10-6-8-27-7-4-5-9-29(27)31/h4-5,7,9,13-20,30-32H,6,8,10,21-23,36H2,1-3H3,(H,37,39)/t30?,31-,32?/m1/s1. The van der Waals surface area contributed by atoms with Crippen molar-refractivity contribution in [3.8, 4) is 11.8 Å². The number of nitrogens with one attached hydrogen (secondary N) is 1. The van der Waals surface area contributed by atoms with Gasteiger partial charge in [0, 0.05) is 17.3 Å². The first-order valence-corrected chi connectivity index (χ1v) is 18.3. The molecule has 222 valence electrons. The molecule has 2 aliphatic rings. The molecule has 1 fully saturated rings. The van der Waals surface area contributed by atoms with Crippen LogP contribution in [0.2, 0.25) is 19.1 Å². The predicted octanol–water partition coefficient (Wildman–Crippen LogP) is 4.40. The van der Waals surface area contributed by atoms with E-state index in [0.29, 0.717) is 18.2 Å². The number of fused-ring (bicyclic) bond motifs is 1. The Morgan fingerprint density at radius 3 is 2.33 bits per heavy atom. The Morgan fingerprint density at radius 1 is 1.00 bits per heavy atom. The minimum absolute atomic E-state index is 0.0192. The van der Waals surface area contributed by atoms with Crippen molar-refractivity contribution in [3.63, 3.8) is 0 Å². The first-order chi connectivity index (χ1) is 20.6. The van der Waals surface area contributed by atoms with Gasteiger partial charge >= 0.3 is 5.97 Å². The molecule has 0 spiro atoms. The summed E-state index contributed by atoms with van der Waals surface area (Å²) in [6.07, 6.45) is 3.99. The zero-order chi connectivity index (χ0) is 30.6. The van der Waals surface area contributed by atoms with E-state index in [1.807, 2.05) is 36.4 Å². The van der Waals surface area contributed by atoms with Crippen LogP contribution in [0.25, 0.3) is 0 Å². The molecule has 1 saturated heterocycles. The Morgan fingerprint density at radius 2 is 1.65 bits per heavy atom. The topological polar surface area (TPSA) is 102 Å². The summed E-state index contributed by atoms with van der Waals surface area (Å²) in [5, 5.41) is 3.28. The molecule has 3 N–H and O–H groups in total. The van der Waals surface area contributed by atoms with Crippen LogP contribution in [0.3, 0.4) is 0 Å². The predicted molar refractivity (Wildman–Crippen MR) is 170 cm³/mol. The van der Waals surface area contributed by atoms with E-state index in [1.54, 1.807) is 29.2 Å². The van der Waals surface area contributed by atoms with Gasteiger partial charge in [-0.2, -0.15) is 0 Å². The summed E-state index contributed by atoms with van der Waals surface area (Å²) in [6, 6.07) is 22.4. The third kappa shape index (κ3) is 7.24. The van der Waals surface area contributed by atoms with Crippen molar-refractivity contribution in [1.82, 2.24) is 10.2 Å². The number of aryl methyl sites for hydroxylation is 1. The van der Waals surface area contributed by atoms with E-state index in [-0.39, 0.29) is 23.8 Å². The Labute approximate surface area is 254 Å². The van der Waals surface area contributed by atoms with Gasteiger partial charge in [0.15, 0.2) is 0 Å². The van der Waals surface area contributed by atoms with Gasteiger partial charge in [-0.25, -0.2) is 4.79 Å². The minimum atomic E-state index is -1.77. The molecule has 43 heavy (non-hydrogen) atoms. The van der Waals surface area contributed by atoms with Crippen molar-refractivity contribution in [2.75, 3.05) is 13.3 Å². The maximum Gasteiger partial charge on any atom is 0.337 e. The third-order valence-corrected chi connectivity index (χ3v) is 11.1. The van der Waals surface area contributed by atoms with Gasteiger partial charge in [0.25, 0.3) is 0 Å². The highest BCUT2D eigenvalue weighted by atomic mass is 28.3. The van der Waals surface area contributed by atoms with E-state index >= 15 is 0 Å². The molecule has 0 bridgehead atoms. The second-order valence-corrected chi connectivity index (χ2v) is 17.4. The van der Waals surface area contributed by atoms with E-state index < -0.39 is 20.2 Å². The zero-order valence-electron chi connectivity index (χ0n) is 25.1. The van der Waals surface area contributed by atoms with Crippen LogP contribution in [0.15, 0.2) is 72.8 Å². The van der Waals surface area contributed by atoms with Gasteiger partial charge in [-0.3, -0.25) is 9.59 Å². The number of hydrogen-bond donors (Lipinski definition) is 2. The molecule has 7 nitrogen and oxygen atoms in total. The molecule has 8 heteroatoms. The van der Waals surface area contributed by atoms with Crippen LogP contribution in [-0.2, 0) is 27.2 Å². The normalized spacial score (nSPS) is 19.4. The molecular formula is C35H39N3O4Si. The molecule has 2 unspecified atom stereocenters. The first kappa shape index (κ1) is 30.3. The lowest BCUT2D eigenvalue weighted by molar-refractivity contribution is -0.139. The van der Waals surface area contributed by atoms with Crippen molar-refractivity contribution in [3.05, 3.63) is 106 Å². The highest BCUT2D eigenvalue weighted by Gasteiger charge is 2.46. The number of hydrogen-bond acceptors (Lipinski definition) is 5. The Hall–Kier alpha value is -4.19. The molecule has 3 atom stereocenters. The zero-order valence-corrected chi connectivity index (χ0v) is 26.1. The van der Waals surface area contributed by atoms with E-state index in [0.717, 1.165) is 42.0 Å². The summed E-state index contributed by atoms with van der Waals surface area (Å²) >= 11 is 0. The largest absolute Gasteiger partial charge is 0.465 e. The van der Waals surface area contributed by atoms with Crippen LogP contribution in [0.1, 0.15) is 57.1 Å². The van der Waals surface area contributed by atoms with Crippen LogP contribution in [0, 0.1) is 11.8 Å². The fraction of sp³-hybridized carbons (Fsp3) is 0.343. The minimum Gasteiger partial charge on any atom is -0.465 e. The molecule has 0 radical (unpaired) electrons. The number of carbonyl (C=O) groups excluding carboxylic acids is 3.